The van der Waals surface area contributed by atoms with Crippen LogP contribution in [0.4, 0.5) is 0 Å². The molecule has 2 heterocycles. The Kier molecular flexibility index (Phi) is 4.76. The van der Waals surface area contributed by atoms with Gasteiger partial charge in [-0.1, -0.05) is 30.3 Å². The lowest BCUT2D eigenvalue weighted by Crippen LogP contribution is -2.32. The SMILES string of the molecule is O=C(NCCC(=O)N1CCCC1)c1occc1-c1ccccc1. The molecule has 1 aliphatic rings. The second-order valence-electron chi connectivity index (χ2n) is 5.62. The van der Waals surface area contributed by atoms with Gasteiger partial charge >= 0.3 is 0 Å². The number of rotatable bonds is 5. The lowest BCUT2D eigenvalue weighted by Gasteiger charge is -2.15. The summed E-state index contributed by atoms with van der Waals surface area (Å²) in [6.45, 7) is 2.00. The van der Waals surface area contributed by atoms with Gasteiger partial charge in [0.25, 0.3) is 5.91 Å². The van der Waals surface area contributed by atoms with E-state index in [0.29, 0.717) is 13.0 Å². The average molecular weight is 312 g/mol. The van der Waals surface area contributed by atoms with E-state index in [1.807, 2.05) is 35.2 Å². The molecule has 0 spiro atoms. The van der Waals surface area contributed by atoms with Gasteiger partial charge in [0.2, 0.25) is 5.91 Å². The van der Waals surface area contributed by atoms with Crippen LogP contribution in [0.5, 0.6) is 0 Å². The summed E-state index contributed by atoms with van der Waals surface area (Å²) >= 11 is 0. The molecule has 2 amide bonds. The van der Waals surface area contributed by atoms with Gasteiger partial charge in [0.05, 0.1) is 6.26 Å². The van der Waals surface area contributed by atoms with E-state index in [4.69, 9.17) is 4.42 Å². The van der Waals surface area contributed by atoms with Crippen molar-refractivity contribution in [3.8, 4) is 11.1 Å². The van der Waals surface area contributed by atoms with Crippen molar-refractivity contribution in [2.45, 2.75) is 19.3 Å². The Morgan fingerprint density at radius 2 is 1.83 bits per heavy atom. The molecule has 0 unspecified atom stereocenters. The summed E-state index contributed by atoms with van der Waals surface area (Å²) in [5.74, 6) is 0.0958. The van der Waals surface area contributed by atoms with Crippen LogP contribution in [0.3, 0.4) is 0 Å². The van der Waals surface area contributed by atoms with Crippen LogP contribution in [-0.4, -0.2) is 36.3 Å². The van der Waals surface area contributed by atoms with Crippen molar-refractivity contribution in [1.29, 1.82) is 0 Å². The average Bonchev–Trinajstić information content (AvgIpc) is 3.27. The summed E-state index contributed by atoms with van der Waals surface area (Å²) in [7, 11) is 0. The first-order valence-electron chi connectivity index (χ1n) is 7.94. The monoisotopic (exact) mass is 312 g/mol. The smallest absolute Gasteiger partial charge is 0.287 e. The van der Waals surface area contributed by atoms with Crippen LogP contribution in [0.15, 0.2) is 47.1 Å². The van der Waals surface area contributed by atoms with E-state index in [9.17, 15) is 9.59 Å². The van der Waals surface area contributed by atoms with E-state index in [0.717, 1.165) is 37.1 Å². The Bertz CT molecular complexity index is 673. The van der Waals surface area contributed by atoms with Crippen molar-refractivity contribution in [3.05, 3.63) is 48.4 Å². The lowest BCUT2D eigenvalue weighted by atomic mass is 10.1. The molecule has 3 rings (SSSR count). The number of furan rings is 1. The Hall–Kier alpha value is -2.56. The minimum Gasteiger partial charge on any atom is -0.459 e. The van der Waals surface area contributed by atoms with E-state index >= 15 is 0 Å². The zero-order valence-corrected chi connectivity index (χ0v) is 13.0. The summed E-state index contributed by atoms with van der Waals surface area (Å²) in [5.41, 5.74) is 1.69. The molecule has 0 saturated carbocycles. The summed E-state index contributed by atoms with van der Waals surface area (Å²) < 4.78 is 5.33. The number of carbonyl (C=O) groups is 2. The van der Waals surface area contributed by atoms with Gasteiger partial charge in [-0.15, -0.1) is 0 Å². The normalized spacial score (nSPS) is 14.0. The molecular formula is C18H20N2O3. The highest BCUT2D eigenvalue weighted by Gasteiger charge is 2.19. The fourth-order valence-corrected chi connectivity index (χ4v) is 2.82. The van der Waals surface area contributed by atoms with E-state index < -0.39 is 0 Å². The van der Waals surface area contributed by atoms with Crippen LogP contribution < -0.4 is 5.32 Å². The van der Waals surface area contributed by atoms with Crippen molar-refractivity contribution in [2.75, 3.05) is 19.6 Å². The summed E-state index contributed by atoms with van der Waals surface area (Å²) in [6.07, 6.45) is 3.98. The molecule has 0 aliphatic carbocycles. The van der Waals surface area contributed by atoms with Crippen LogP contribution >= 0.6 is 0 Å². The van der Waals surface area contributed by atoms with Gasteiger partial charge in [0.1, 0.15) is 0 Å². The minimum atomic E-state index is -0.289. The van der Waals surface area contributed by atoms with Crippen LogP contribution in [0.2, 0.25) is 0 Å². The zero-order valence-electron chi connectivity index (χ0n) is 13.0. The van der Waals surface area contributed by atoms with Gasteiger partial charge in [-0.2, -0.15) is 0 Å². The number of nitrogens with one attached hydrogen (secondary N) is 1. The minimum absolute atomic E-state index is 0.102. The van der Waals surface area contributed by atoms with Crippen LogP contribution in [0.25, 0.3) is 11.1 Å². The standard InChI is InChI=1S/C18H20N2O3/c21-16(20-11-4-5-12-20)8-10-19-18(22)17-15(9-13-23-17)14-6-2-1-3-7-14/h1-3,6-7,9,13H,4-5,8,10-12H2,(H,19,22). The lowest BCUT2D eigenvalue weighted by molar-refractivity contribution is -0.129. The molecule has 0 bridgehead atoms. The predicted octanol–water partition coefficient (Wildman–Crippen LogP) is 2.69. The van der Waals surface area contributed by atoms with Crippen LogP contribution in [0.1, 0.15) is 29.8 Å². The summed E-state index contributed by atoms with van der Waals surface area (Å²) in [6, 6.07) is 11.4. The molecule has 5 nitrogen and oxygen atoms in total. The number of nitrogens with zero attached hydrogens (tertiary/aromatic N) is 1. The van der Waals surface area contributed by atoms with E-state index in [1.54, 1.807) is 6.07 Å². The van der Waals surface area contributed by atoms with E-state index in [2.05, 4.69) is 5.32 Å². The predicted molar refractivity (Wildman–Crippen MR) is 86.9 cm³/mol. The second kappa shape index (κ2) is 7.13. The maximum atomic E-state index is 12.3. The molecule has 5 heteroatoms. The van der Waals surface area contributed by atoms with E-state index in [-0.39, 0.29) is 17.6 Å². The van der Waals surface area contributed by atoms with Gasteiger partial charge in [-0.3, -0.25) is 9.59 Å². The van der Waals surface area contributed by atoms with E-state index in [1.165, 1.54) is 6.26 Å². The number of amides is 2. The van der Waals surface area contributed by atoms with Gasteiger partial charge < -0.3 is 14.6 Å². The molecule has 2 aromatic rings. The third kappa shape index (κ3) is 3.62. The molecule has 0 atom stereocenters. The van der Waals surface area contributed by atoms with Crippen LogP contribution in [0, 0.1) is 0 Å². The molecule has 0 radical (unpaired) electrons. The topological polar surface area (TPSA) is 62.6 Å². The van der Waals surface area contributed by atoms with Gasteiger partial charge in [-0.25, -0.2) is 0 Å². The van der Waals surface area contributed by atoms with Crippen molar-refractivity contribution >= 4 is 11.8 Å². The number of benzene rings is 1. The highest BCUT2D eigenvalue weighted by Crippen LogP contribution is 2.24. The number of hydrogen-bond acceptors (Lipinski definition) is 3. The molecule has 1 aromatic heterocycles. The van der Waals surface area contributed by atoms with Gasteiger partial charge in [0, 0.05) is 31.6 Å². The first kappa shape index (κ1) is 15.3. The highest BCUT2D eigenvalue weighted by atomic mass is 16.3. The molecule has 1 aromatic carbocycles. The first-order valence-corrected chi connectivity index (χ1v) is 7.94. The second-order valence-corrected chi connectivity index (χ2v) is 5.62. The van der Waals surface area contributed by atoms with Crippen molar-refractivity contribution in [3.63, 3.8) is 0 Å². The molecule has 1 aliphatic heterocycles. The molecule has 1 saturated heterocycles. The Balaban J connectivity index is 1.57. The van der Waals surface area contributed by atoms with Crippen LogP contribution in [-0.2, 0) is 4.79 Å². The molecular weight excluding hydrogens is 292 g/mol. The summed E-state index contributed by atoms with van der Waals surface area (Å²) in [4.78, 5) is 26.1. The van der Waals surface area contributed by atoms with Gasteiger partial charge in [0.15, 0.2) is 5.76 Å². The fourth-order valence-electron chi connectivity index (χ4n) is 2.82. The maximum absolute atomic E-state index is 12.3. The third-order valence-corrected chi connectivity index (χ3v) is 4.04. The number of likely N-dealkylation sites (tertiary alicyclic amines) is 1. The van der Waals surface area contributed by atoms with Crippen molar-refractivity contribution < 1.29 is 14.0 Å². The molecule has 1 fully saturated rings. The zero-order chi connectivity index (χ0) is 16.1. The Morgan fingerprint density at radius 1 is 1.09 bits per heavy atom. The highest BCUT2D eigenvalue weighted by molar-refractivity contribution is 5.98. The molecule has 120 valence electrons. The number of carbonyl (C=O) groups excluding carboxylic acids is 2. The largest absolute Gasteiger partial charge is 0.459 e. The molecule has 23 heavy (non-hydrogen) atoms. The fraction of sp³-hybridized carbons (Fsp3) is 0.333. The number of hydrogen-bond donors (Lipinski definition) is 1. The Labute approximate surface area is 135 Å². The maximum Gasteiger partial charge on any atom is 0.287 e. The Morgan fingerprint density at radius 3 is 2.57 bits per heavy atom. The first-order chi connectivity index (χ1) is 11.3. The molecule has 1 N–H and O–H groups in total. The van der Waals surface area contributed by atoms with Gasteiger partial charge in [-0.05, 0) is 24.5 Å². The van der Waals surface area contributed by atoms with Crippen molar-refractivity contribution in [2.24, 2.45) is 0 Å². The summed E-state index contributed by atoms with van der Waals surface area (Å²) in [5, 5.41) is 2.77. The third-order valence-electron chi connectivity index (χ3n) is 4.04. The van der Waals surface area contributed by atoms with Crippen molar-refractivity contribution in [1.82, 2.24) is 10.2 Å². The quantitative estimate of drug-likeness (QED) is 0.923.